The molecule has 0 aliphatic rings. The zero-order valence-electron chi connectivity index (χ0n) is 8.23. The topological polar surface area (TPSA) is 42.0 Å². The molecule has 0 aliphatic heterocycles. The maximum atomic E-state index is 11.7. The number of aryl methyl sites for hydroxylation is 1. The van der Waals surface area contributed by atoms with Gasteiger partial charge in [0.05, 0.1) is 5.00 Å². The van der Waals surface area contributed by atoms with E-state index in [4.69, 9.17) is 0 Å². The SMILES string of the molecule is Cc1ccsc1NC(=O)c1ccncc1. The third kappa shape index (κ3) is 2.22. The summed E-state index contributed by atoms with van der Waals surface area (Å²) in [4.78, 5) is 15.6. The Balaban J connectivity index is 2.15. The number of carbonyl (C=O) groups excluding carboxylic acids is 1. The van der Waals surface area contributed by atoms with Gasteiger partial charge < -0.3 is 5.32 Å². The van der Waals surface area contributed by atoms with E-state index in [-0.39, 0.29) is 5.91 Å². The Morgan fingerprint density at radius 2 is 2.07 bits per heavy atom. The molecular formula is C11H10N2OS. The van der Waals surface area contributed by atoms with Crippen LogP contribution in [0, 0.1) is 6.92 Å². The fourth-order valence-corrected chi connectivity index (χ4v) is 1.99. The summed E-state index contributed by atoms with van der Waals surface area (Å²) in [5, 5.41) is 5.71. The van der Waals surface area contributed by atoms with Crippen molar-refractivity contribution in [2.24, 2.45) is 0 Å². The van der Waals surface area contributed by atoms with Crippen molar-refractivity contribution in [3.05, 3.63) is 47.1 Å². The van der Waals surface area contributed by atoms with Gasteiger partial charge in [0, 0.05) is 18.0 Å². The van der Waals surface area contributed by atoms with Crippen LogP contribution in [0.2, 0.25) is 0 Å². The van der Waals surface area contributed by atoms with Crippen LogP contribution in [0.4, 0.5) is 5.00 Å². The standard InChI is InChI=1S/C11H10N2OS/c1-8-4-7-15-11(8)13-10(14)9-2-5-12-6-3-9/h2-7H,1H3,(H,13,14). The number of anilines is 1. The minimum Gasteiger partial charge on any atom is -0.313 e. The Labute approximate surface area is 91.8 Å². The Morgan fingerprint density at radius 1 is 1.33 bits per heavy atom. The molecule has 2 rings (SSSR count). The first-order valence-electron chi connectivity index (χ1n) is 4.53. The molecule has 2 aromatic heterocycles. The average molecular weight is 218 g/mol. The third-order valence-electron chi connectivity index (χ3n) is 2.03. The molecule has 0 bridgehead atoms. The molecule has 1 amide bonds. The second-order valence-electron chi connectivity index (χ2n) is 3.12. The molecule has 76 valence electrons. The number of thiophene rings is 1. The number of aromatic nitrogens is 1. The van der Waals surface area contributed by atoms with Crippen molar-refractivity contribution in [1.29, 1.82) is 0 Å². The summed E-state index contributed by atoms with van der Waals surface area (Å²) in [6.07, 6.45) is 3.21. The summed E-state index contributed by atoms with van der Waals surface area (Å²) < 4.78 is 0. The first-order chi connectivity index (χ1) is 7.27. The van der Waals surface area contributed by atoms with Crippen molar-refractivity contribution in [3.63, 3.8) is 0 Å². The van der Waals surface area contributed by atoms with Crippen molar-refractivity contribution in [1.82, 2.24) is 4.98 Å². The van der Waals surface area contributed by atoms with Crippen molar-refractivity contribution < 1.29 is 4.79 Å². The Kier molecular flexibility index (Phi) is 2.78. The van der Waals surface area contributed by atoms with Gasteiger partial charge in [-0.1, -0.05) is 0 Å². The van der Waals surface area contributed by atoms with Crippen molar-refractivity contribution >= 4 is 22.2 Å². The van der Waals surface area contributed by atoms with Gasteiger partial charge in [0.15, 0.2) is 0 Å². The third-order valence-corrected chi connectivity index (χ3v) is 2.96. The Bertz CT molecular complexity index is 464. The molecule has 15 heavy (non-hydrogen) atoms. The molecular weight excluding hydrogens is 208 g/mol. The minimum absolute atomic E-state index is 0.0945. The van der Waals surface area contributed by atoms with Crippen LogP contribution in [0.15, 0.2) is 36.0 Å². The summed E-state index contributed by atoms with van der Waals surface area (Å²) in [5.41, 5.74) is 1.71. The molecule has 0 aromatic carbocycles. The fourth-order valence-electron chi connectivity index (χ4n) is 1.18. The van der Waals surface area contributed by atoms with Gasteiger partial charge >= 0.3 is 0 Å². The lowest BCUT2D eigenvalue weighted by Gasteiger charge is -2.03. The van der Waals surface area contributed by atoms with Crippen LogP contribution in [-0.4, -0.2) is 10.9 Å². The van der Waals surface area contributed by atoms with Crippen LogP contribution in [0.1, 0.15) is 15.9 Å². The Hall–Kier alpha value is -1.68. The summed E-state index contributed by atoms with van der Waals surface area (Å²) in [6.45, 7) is 1.97. The molecule has 0 atom stereocenters. The zero-order chi connectivity index (χ0) is 10.7. The largest absolute Gasteiger partial charge is 0.313 e. The molecule has 0 radical (unpaired) electrons. The quantitative estimate of drug-likeness (QED) is 0.842. The maximum Gasteiger partial charge on any atom is 0.256 e. The van der Waals surface area contributed by atoms with Gasteiger partial charge in [0.1, 0.15) is 0 Å². The Morgan fingerprint density at radius 3 is 2.67 bits per heavy atom. The average Bonchev–Trinajstić information content (AvgIpc) is 2.66. The molecule has 2 aromatic rings. The molecule has 0 fully saturated rings. The van der Waals surface area contributed by atoms with E-state index in [0.717, 1.165) is 10.6 Å². The monoisotopic (exact) mass is 218 g/mol. The summed E-state index contributed by atoms with van der Waals surface area (Å²) in [6, 6.07) is 5.36. The van der Waals surface area contributed by atoms with E-state index in [0.29, 0.717) is 5.56 Å². The van der Waals surface area contributed by atoms with Crippen LogP contribution in [-0.2, 0) is 0 Å². The van der Waals surface area contributed by atoms with Crippen LogP contribution in [0.3, 0.4) is 0 Å². The van der Waals surface area contributed by atoms with Crippen molar-refractivity contribution in [2.45, 2.75) is 6.92 Å². The number of carbonyl (C=O) groups is 1. The van der Waals surface area contributed by atoms with Crippen LogP contribution in [0.5, 0.6) is 0 Å². The first-order valence-corrected chi connectivity index (χ1v) is 5.41. The molecule has 1 N–H and O–H groups in total. The molecule has 0 unspecified atom stereocenters. The lowest BCUT2D eigenvalue weighted by atomic mass is 10.2. The first kappa shape index (κ1) is 9.86. The van der Waals surface area contributed by atoms with Crippen LogP contribution < -0.4 is 5.32 Å². The van der Waals surface area contributed by atoms with E-state index in [1.54, 1.807) is 24.5 Å². The number of nitrogens with one attached hydrogen (secondary N) is 1. The van der Waals surface area contributed by atoms with Gasteiger partial charge in [0.2, 0.25) is 0 Å². The molecule has 0 saturated heterocycles. The number of nitrogens with zero attached hydrogens (tertiary/aromatic N) is 1. The molecule has 4 heteroatoms. The predicted molar refractivity (Wildman–Crippen MR) is 61.2 cm³/mol. The van der Waals surface area contributed by atoms with Gasteiger partial charge in [0.25, 0.3) is 5.91 Å². The lowest BCUT2D eigenvalue weighted by molar-refractivity contribution is 0.102. The number of rotatable bonds is 2. The zero-order valence-corrected chi connectivity index (χ0v) is 9.04. The van der Waals surface area contributed by atoms with E-state index in [2.05, 4.69) is 10.3 Å². The normalized spacial score (nSPS) is 9.93. The molecule has 0 aliphatic carbocycles. The second-order valence-corrected chi connectivity index (χ2v) is 4.04. The number of hydrogen-bond donors (Lipinski definition) is 1. The number of amides is 1. The molecule has 0 spiro atoms. The fraction of sp³-hybridized carbons (Fsp3) is 0.0909. The van der Waals surface area contributed by atoms with E-state index in [1.807, 2.05) is 18.4 Å². The minimum atomic E-state index is -0.0945. The highest BCUT2D eigenvalue weighted by molar-refractivity contribution is 7.14. The van der Waals surface area contributed by atoms with Gasteiger partial charge in [-0.25, -0.2) is 0 Å². The smallest absolute Gasteiger partial charge is 0.256 e. The highest BCUT2D eigenvalue weighted by Crippen LogP contribution is 2.22. The molecule has 0 saturated carbocycles. The highest BCUT2D eigenvalue weighted by atomic mass is 32.1. The summed E-state index contributed by atoms with van der Waals surface area (Å²) >= 11 is 1.52. The van der Waals surface area contributed by atoms with Crippen LogP contribution in [0.25, 0.3) is 0 Å². The summed E-state index contributed by atoms with van der Waals surface area (Å²) in [7, 11) is 0. The van der Waals surface area contributed by atoms with Gasteiger partial charge in [-0.15, -0.1) is 11.3 Å². The lowest BCUT2D eigenvalue weighted by Crippen LogP contribution is -2.11. The van der Waals surface area contributed by atoms with Gasteiger partial charge in [-0.3, -0.25) is 9.78 Å². The van der Waals surface area contributed by atoms with Crippen molar-refractivity contribution in [2.75, 3.05) is 5.32 Å². The second kappa shape index (κ2) is 4.23. The van der Waals surface area contributed by atoms with Crippen LogP contribution >= 0.6 is 11.3 Å². The summed E-state index contributed by atoms with van der Waals surface area (Å²) in [5.74, 6) is -0.0945. The van der Waals surface area contributed by atoms with E-state index >= 15 is 0 Å². The maximum absolute atomic E-state index is 11.7. The van der Waals surface area contributed by atoms with Gasteiger partial charge in [-0.05, 0) is 36.1 Å². The predicted octanol–water partition coefficient (Wildman–Crippen LogP) is 2.70. The number of hydrogen-bond acceptors (Lipinski definition) is 3. The van der Waals surface area contributed by atoms with E-state index in [9.17, 15) is 4.79 Å². The van der Waals surface area contributed by atoms with E-state index in [1.165, 1.54) is 11.3 Å². The highest BCUT2D eigenvalue weighted by Gasteiger charge is 2.07. The van der Waals surface area contributed by atoms with Crippen molar-refractivity contribution in [3.8, 4) is 0 Å². The number of pyridine rings is 1. The molecule has 2 heterocycles. The van der Waals surface area contributed by atoms with E-state index < -0.39 is 0 Å². The van der Waals surface area contributed by atoms with Gasteiger partial charge in [-0.2, -0.15) is 0 Å². The molecule has 3 nitrogen and oxygen atoms in total.